The second kappa shape index (κ2) is 5.78. The van der Waals surface area contributed by atoms with Gasteiger partial charge in [-0.05, 0) is 43.8 Å². The van der Waals surface area contributed by atoms with Crippen molar-refractivity contribution in [2.45, 2.75) is 6.42 Å². The number of benzene rings is 1. The molecule has 0 saturated heterocycles. The lowest BCUT2D eigenvalue weighted by Gasteiger charge is -1.98. The van der Waals surface area contributed by atoms with Crippen LogP contribution in [0.25, 0.3) is 6.08 Å². The maximum atomic E-state index is 12.8. The van der Waals surface area contributed by atoms with E-state index in [0.29, 0.717) is 5.02 Å². The standard InChI is InChI=1S/C11H13ClFN/c1-14-7-3-2-4-9-8-10(13)5-6-11(9)12/h2,4-6,8,14H,3,7H2,1H3/b4-2+. The van der Waals surface area contributed by atoms with E-state index in [9.17, 15) is 4.39 Å². The number of rotatable bonds is 4. The fourth-order valence-electron chi connectivity index (χ4n) is 1.08. The fraction of sp³-hybridized carbons (Fsp3) is 0.273. The first kappa shape index (κ1) is 11.2. The molecule has 1 rings (SSSR count). The van der Waals surface area contributed by atoms with E-state index >= 15 is 0 Å². The van der Waals surface area contributed by atoms with Crippen molar-refractivity contribution in [2.24, 2.45) is 0 Å². The minimum atomic E-state index is -0.261. The summed E-state index contributed by atoms with van der Waals surface area (Å²) in [6.45, 7) is 0.906. The van der Waals surface area contributed by atoms with Crippen LogP contribution in [0.1, 0.15) is 12.0 Å². The summed E-state index contributed by atoms with van der Waals surface area (Å²) in [5, 5.41) is 3.60. The largest absolute Gasteiger partial charge is 0.319 e. The van der Waals surface area contributed by atoms with Gasteiger partial charge in [-0.2, -0.15) is 0 Å². The lowest BCUT2D eigenvalue weighted by molar-refractivity contribution is 0.627. The molecule has 0 aromatic heterocycles. The maximum Gasteiger partial charge on any atom is 0.123 e. The van der Waals surface area contributed by atoms with Gasteiger partial charge >= 0.3 is 0 Å². The van der Waals surface area contributed by atoms with Crippen LogP contribution in [-0.4, -0.2) is 13.6 Å². The minimum Gasteiger partial charge on any atom is -0.319 e. The first-order chi connectivity index (χ1) is 6.74. The molecule has 0 aliphatic heterocycles. The Morgan fingerprint density at radius 1 is 1.50 bits per heavy atom. The molecule has 1 N–H and O–H groups in total. The van der Waals surface area contributed by atoms with Gasteiger partial charge in [0.15, 0.2) is 0 Å². The molecule has 1 aromatic rings. The summed E-state index contributed by atoms with van der Waals surface area (Å²) < 4.78 is 12.8. The van der Waals surface area contributed by atoms with E-state index in [4.69, 9.17) is 11.6 Å². The Labute approximate surface area is 88.6 Å². The molecule has 0 aliphatic rings. The van der Waals surface area contributed by atoms with Crippen molar-refractivity contribution >= 4 is 17.7 Å². The topological polar surface area (TPSA) is 12.0 Å². The van der Waals surface area contributed by atoms with Gasteiger partial charge in [0.2, 0.25) is 0 Å². The van der Waals surface area contributed by atoms with Gasteiger partial charge in [0.1, 0.15) is 5.82 Å². The van der Waals surface area contributed by atoms with Crippen molar-refractivity contribution in [3.05, 3.63) is 40.7 Å². The molecular formula is C11H13ClFN. The van der Waals surface area contributed by atoms with E-state index in [2.05, 4.69) is 5.32 Å². The van der Waals surface area contributed by atoms with E-state index in [-0.39, 0.29) is 5.82 Å². The highest BCUT2D eigenvalue weighted by molar-refractivity contribution is 6.32. The van der Waals surface area contributed by atoms with Gasteiger partial charge < -0.3 is 5.32 Å². The van der Waals surface area contributed by atoms with Crippen molar-refractivity contribution < 1.29 is 4.39 Å². The molecule has 1 nitrogen and oxygen atoms in total. The van der Waals surface area contributed by atoms with E-state index in [0.717, 1.165) is 18.5 Å². The molecule has 1 aromatic carbocycles. The van der Waals surface area contributed by atoms with Crippen molar-refractivity contribution in [2.75, 3.05) is 13.6 Å². The average Bonchev–Trinajstić information content (AvgIpc) is 2.18. The Morgan fingerprint density at radius 2 is 2.29 bits per heavy atom. The molecule has 0 spiro atoms. The molecule has 0 unspecified atom stereocenters. The Hall–Kier alpha value is -0.860. The van der Waals surface area contributed by atoms with E-state index in [1.54, 1.807) is 6.07 Å². The van der Waals surface area contributed by atoms with Gasteiger partial charge in [0, 0.05) is 5.02 Å². The van der Waals surface area contributed by atoms with Crippen LogP contribution in [-0.2, 0) is 0 Å². The van der Waals surface area contributed by atoms with Crippen molar-refractivity contribution in [1.82, 2.24) is 5.32 Å². The van der Waals surface area contributed by atoms with E-state index in [1.807, 2.05) is 19.2 Å². The summed E-state index contributed by atoms with van der Waals surface area (Å²) in [6, 6.07) is 4.35. The summed E-state index contributed by atoms with van der Waals surface area (Å²) in [4.78, 5) is 0. The van der Waals surface area contributed by atoms with Gasteiger partial charge in [-0.15, -0.1) is 0 Å². The fourth-order valence-corrected chi connectivity index (χ4v) is 1.26. The predicted octanol–water partition coefficient (Wildman–Crippen LogP) is 3.10. The highest BCUT2D eigenvalue weighted by Crippen LogP contribution is 2.18. The highest BCUT2D eigenvalue weighted by atomic mass is 35.5. The average molecular weight is 214 g/mol. The number of hydrogen-bond donors (Lipinski definition) is 1. The Morgan fingerprint density at radius 3 is 3.00 bits per heavy atom. The van der Waals surface area contributed by atoms with Crippen molar-refractivity contribution in [3.8, 4) is 0 Å². The van der Waals surface area contributed by atoms with Crippen LogP contribution in [0.3, 0.4) is 0 Å². The summed E-state index contributed by atoms with van der Waals surface area (Å²) in [6.07, 6.45) is 4.71. The number of halogens is 2. The predicted molar refractivity (Wildman–Crippen MR) is 59.0 cm³/mol. The normalized spacial score (nSPS) is 11.1. The lowest BCUT2D eigenvalue weighted by Crippen LogP contribution is -2.05. The highest BCUT2D eigenvalue weighted by Gasteiger charge is 1.97. The van der Waals surface area contributed by atoms with Crippen LogP contribution in [0.4, 0.5) is 4.39 Å². The first-order valence-electron chi connectivity index (χ1n) is 4.50. The first-order valence-corrected chi connectivity index (χ1v) is 4.88. The SMILES string of the molecule is CNCC/C=C/c1cc(F)ccc1Cl. The molecular weight excluding hydrogens is 201 g/mol. The van der Waals surface area contributed by atoms with Crippen LogP contribution >= 0.6 is 11.6 Å². The molecule has 0 saturated carbocycles. The molecule has 0 radical (unpaired) electrons. The smallest absolute Gasteiger partial charge is 0.123 e. The summed E-state index contributed by atoms with van der Waals surface area (Å²) >= 11 is 5.88. The van der Waals surface area contributed by atoms with Gasteiger partial charge in [-0.1, -0.05) is 23.8 Å². The Kier molecular flexibility index (Phi) is 4.63. The van der Waals surface area contributed by atoms with Crippen LogP contribution in [0, 0.1) is 5.82 Å². The second-order valence-electron chi connectivity index (χ2n) is 2.96. The molecule has 0 amide bonds. The minimum absolute atomic E-state index is 0.261. The number of hydrogen-bond acceptors (Lipinski definition) is 1. The molecule has 0 aliphatic carbocycles. The molecule has 14 heavy (non-hydrogen) atoms. The Balaban J connectivity index is 2.65. The maximum absolute atomic E-state index is 12.8. The molecule has 3 heteroatoms. The summed E-state index contributed by atoms with van der Waals surface area (Å²) in [7, 11) is 1.89. The monoisotopic (exact) mass is 213 g/mol. The summed E-state index contributed by atoms with van der Waals surface area (Å²) in [5.41, 5.74) is 0.725. The van der Waals surface area contributed by atoms with Crippen molar-refractivity contribution in [1.29, 1.82) is 0 Å². The Bertz CT molecular complexity index is 323. The number of nitrogens with one attached hydrogen (secondary N) is 1. The van der Waals surface area contributed by atoms with Crippen LogP contribution in [0.15, 0.2) is 24.3 Å². The molecule has 0 bridgehead atoms. The zero-order valence-electron chi connectivity index (χ0n) is 8.06. The van der Waals surface area contributed by atoms with Gasteiger partial charge in [-0.25, -0.2) is 4.39 Å². The van der Waals surface area contributed by atoms with E-state index < -0.39 is 0 Å². The van der Waals surface area contributed by atoms with Crippen LogP contribution in [0.5, 0.6) is 0 Å². The quantitative estimate of drug-likeness (QED) is 0.758. The second-order valence-corrected chi connectivity index (χ2v) is 3.37. The third-order valence-corrected chi connectivity index (χ3v) is 2.16. The zero-order chi connectivity index (χ0) is 10.4. The molecule has 76 valence electrons. The molecule has 0 atom stereocenters. The van der Waals surface area contributed by atoms with Crippen LogP contribution in [0.2, 0.25) is 5.02 Å². The summed E-state index contributed by atoms with van der Waals surface area (Å²) in [5.74, 6) is -0.261. The van der Waals surface area contributed by atoms with Gasteiger partial charge in [0.25, 0.3) is 0 Å². The van der Waals surface area contributed by atoms with Gasteiger partial charge in [0.05, 0.1) is 0 Å². The van der Waals surface area contributed by atoms with E-state index in [1.165, 1.54) is 12.1 Å². The third-order valence-electron chi connectivity index (χ3n) is 1.82. The van der Waals surface area contributed by atoms with Gasteiger partial charge in [-0.3, -0.25) is 0 Å². The van der Waals surface area contributed by atoms with Crippen LogP contribution < -0.4 is 5.32 Å². The van der Waals surface area contributed by atoms with Crippen molar-refractivity contribution in [3.63, 3.8) is 0 Å². The molecule has 0 fully saturated rings. The lowest BCUT2D eigenvalue weighted by atomic mass is 10.2. The third kappa shape index (κ3) is 3.48. The molecule has 0 heterocycles. The zero-order valence-corrected chi connectivity index (χ0v) is 8.81.